The summed E-state index contributed by atoms with van der Waals surface area (Å²) >= 11 is 1.33. The number of para-hydroxylation sites is 1. The molecule has 0 saturated heterocycles. The van der Waals surface area contributed by atoms with Gasteiger partial charge in [0.15, 0.2) is 5.78 Å². The number of anilines is 2. The Bertz CT molecular complexity index is 1920. The lowest BCUT2D eigenvalue weighted by molar-refractivity contribution is -0.114. The number of amides is 3. The van der Waals surface area contributed by atoms with E-state index < -0.39 is 11.8 Å². The molecule has 0 saturated carbocycles. The largest absolute Gasteiger partial charge is 0.496 e. The highest BCUT2D eigenvalue weighted by Gasteiger charge is 2.17. The fourth-order valence-corrected chi connectivity index (χ4v) is 5.17. The maximum Gasteiger partial charge on any atom is 0.272 e. The number of ketones is 1. The van der Waals surface area contributed by atoms with Gasteiger partial charge in [0, 0.05) is 33.5 Å². The van der Waals surface area contributed by atoms with Gasteiger partial charge < -0.3 is 25.1 Å². The van der Waals surface area contributed by atoms with Crippen LogP contribution in [0.15, 0.2) is 130 Å². The molecule has 0 bridgehead atoms. The van der Waals surface area contributed by atoms with E-state index in [-0.39, 0.29) is 23.1 Å². The number of methoxy groups -OCH3 is 1. The molecule has 0 fully saturated rings. The van der Waals surface area contributed by atoms with Gasteiger partial charge in [0.25, 0.3) is 11.8 Å². The summed E-state index contributed by atoms with van der Waals surface area (Å²) in [6.07, 6.45) is 1.46. The number of furan rings is 1. The highest BCUT2D eigenvalue weighted by Crippen LogP contribution is 2.31. The van der Waals surface area contributed by atoms with Crippen LogP contribution in [0.2, 0.25) is 0 Å². The molecule has 0 spiro atoms. The molecule has 3 amide bonds. The second-order valence-electron chi connectivity index (χ2n) is 10.2. The van der Waals surface area contributed by atoms with Crippen LogP contribution < -0.4 is 20.7 Å². The topological polar surface area (TPSA) is 127 Å². The Kier molecular flexibility index (Phi) is 10.7. The molecule has 236 valence electrons. The van der Waals surface area contributed by atoms with E-state index in [9.17, 15) is 19.2 Å². The number of carbonyl (C=O) groups excluding carboxylic acids is 4. The van der Waals surface area contributed by atoms with Crippen LogP contribution in [-0.2, 0) is 9.59 Å². The minimum absolute atomic E-state index is 0.0220. The summed E-state index contributed by atoms with van der Waals surface area (Å²) in [6, 6.07) is 33.1. The van der Waals surface area contributed by atoms with E-state index in [1.165, 1.54) is 24.8 Å². The van der Waals surface area contributed by atoms with Crippen LogP contribution in [0, 0.1) is 0 Å². The van der Waals surface area contributed by atoms with E-state index in [0.717, 1.165) is 10.5 Å². The van der Waals surface area contributed by atoms with Crippen LogP contribution >= 0.6 is 11.8 Å². The number of rotatable bonds is 12. The molecule has 0 aliphatic heterocycles. The first-order chi connectivity index (χ1) is 22.8. The third kappa shape index (κ3) is 8.86. The van der Waals surface area contributed by atoms with E-state index >= 15 is 0 Å². The standard InChI is InChI=1S/C37H31N3O6S/c1-24(41)25-12-14-27(15-13-25)38-35(42)23-47-30-19-16-28(17-20-30)39-37(44)32(40-36(43)26-8-4-3-5-9-26)22-29-18-21-34(46-29)31-10-6-7-11-33(31)45-2/h3-22H,23H2,1-2H3,(H,38,42)(H,39,44)(H,40,43)/b32-22+. The molecule has 0 radical (unpaired) electrons. The van der Waals surface area contributed by atoms with Crippen LogP contribution in [0.25, 0.3) is 17.4 Å². The van der Waals surface area contributed by atoms with Crippen molar-refractivity contribution in [3.63, 3.8) is 0 Å². The van der Waals surface area contributed by atoms with Gasteiger partial charge in [0.1, 0.15) is 23.0 Å². The van der Waals surface area contributed by atoms with Crippen LogP contribution in [0.1, 0.15) is 33.4 Å². The number of thioether (sulfide) groups is 1. The maximum absolute atomic E-state index is 13.5. The van der Waals surface area contributed by atoms with Crippen molar-refractivity contribution in [2.45, 2.75) is 11.8 Å². The van der Waals surface area contributed by atoms with Gasteiger partial charge in [0.05, 0.1) is 18.4 Å². The number of benzene rings is 4. The average molecular weight is 646 g/mol. The molecular weight excluding hydrogens is 614 g/mol. The van der Waals surface area contributed by atoms with E-state index in [4.69, 9.17) is 9.15 Å². The van der Waals surface area contributed by atoms with E-state index in [1.54, 1.807) is 98.1 Å². The minimum Gasteiger partial charge on any atom is -0.496 e. The molecule has 4 aromatic carbocycles. The zero-order chi connectivity index (χ0) is 33.2. The Hall–Kier alpha value is -5.87. The third-order valence-electron chi connectivity index (χ3n) is 6.87. The van der Waals surface area contributed by atoms with Crippen molar-refractivity contribution in [1.82, 2.24) is 5.32 Å². The number of nitrogens with one attached hydrogen (secondary N) is 3. The van der Waals surface area contributed by atoms with Gasteiger partial charge in [-0.25, -0.2) is 0 Å². The number of Topliss-reactive ketones (excluding diaryl/α,β-unsaturated/α-hetero) is 1. The molecule has 1 heterocycles. The first kappa shape index (κ1) is 32.5. The Morgan fingerprint density at radius 2 is 1.40 bits per heavy atom. The monoisotopic (exact) mass is 645 g/mol. The SMILES string of the molecule is COc1ccccc1-c1ccc(/C=C(/NC(=O)c2ccccc2)C(=O)Nc2ccc(SCC(=O)Nc3ccc(C(C)=O)cc3)cc2)o1. The second kappa shape index (κ2) is 15.4. The Balaban J connectivity index is 1.26. The van der Waals surface area contributed by atoms with Crippen LogP contribution in [-0.4, -0.2) is 36.4 Å². The predicted molar refractivity (Wildman–Crippen MR) is 183 cm³/mol. The number of ether oxygens (including phenoxy) is 1. The fraction of sp³-hybridized carbons (Fsp3) is 0.0811. The van der Waals surface area contributed by atoms with Crippen LogP contribution in [0.4, 0.5) is 11.4 Å². The molecule has 0 atom stereocenters. The Morgan fingerprint density at radius 3 is 2.11 bits per heavy atom. The number of carbonyl (C=O) groups is 4. The lowest BCUT2D eigenvalue weighted by atomic mass is 10.1. The lowest BCUT2D eigenvalue weighted by Gasteiger charge is -2.11. The fourth-order valence-electron chi connectivity index (χ4n) is 4.48. The minimum atomic E-state index is -0.555. The summed E-state index contributed by atoms with van der Waals surface area (Å²) in [4.78, 5) is 51.2. The molecule has 47 heavy (non-hydrogen) atoms. The summed E-state index contributed by atoms with van der Waals surface area (Å²) in [5, 5.41) is 8.33. The number of hydrogen-bond acceptors (Lipinski definition) is 7. The van der Waals surface area contributed by atoms with Gasteiger partial charge in [-0.15, -0.1) is 11.8 Å². The normalized spacial score (nSPS) is 11.0. The summed E-state index contributed by atoms with van der Waals surface area (Å²) in [7, 11) is 1.57. The molecule has 5 rings (SSSR count). The van der Waals surface area contributed by atoms with Gasteiger partial charge in [0.2, 0.25) is 5.91 Å². The van der Waals surface area contributed by atoms with Crippen molar-refractivity contribution >= 4 is 52.7 Å². The van der Waals surface area contributed by atoms with Gasteiger partial charge in [-0.2, -0.15) is 0 Å². The molecule has 0 unspecified atom stereocenters. The summed E-state index contributed by atoms with van der Waals surface area (Å²) in [6.45, 7) is 1.49. The molecule has 10 heteroatoms. The number of hydrogen-bond donors (Lipinski definition) is 3. The second-order valence-corrected chi connectivity index (χ2v) is 11.3. The highest BCUT2D eigenvalue weighted by atomic mass is 32.2. The average Bonchev–Trinajstić information content (AvgIpc) is 3.56. The van der Waals surface area contributed by atoms with Gasteiger partial charge in [-0.1, -0.05) is 30.3 Å². The van der Waals surface area contributed by atoms with E-state index in [0.29, 0.717) is 39.8 Å². The van der Waals surface area contributed by atoms with Gasteiger partial charge in [-0.05, 0) is 91.9 Å². The molecule has 1 aromatic heterocycles. The molecule has 3 N–H and O–H groups in total. The summed E-state index contributed by atoms with van der Waals surface area (Å²) in [5.41, 5.74) is 2.78. The van der Waals surface area contributed by atoms with Crippen LogP contribution in [0.3, 0.4) is 0 Å². The van der Waals surface area contributed by atoms with E-state index in [2.05, 4.69) is 16.0 Å². The first-order valence-electron chi connectivity index (χ1n) is 14.6. The zero-order valence-corrected chi connectivity index (χ0v) is 26.4. The third-order valence-corrected chi connectivity index (χ3v) is 7.88. The van der Waals surface area contributed by atoms with Crippen molar-refractivity contribution in [1.29, 1.82) is 0 Å². The molecule has 0 aliphatic rings. The van der Waals surface area contributed by atoms with Crippen molar-refractivity contribution in [2.75, 3.05) is 23.5 Å². The quantitative estimate of drug-likeness (QED) is 0.0738. The molecule has 9 nitrogen and oxygen atoms in total. The first-order valence-corrected chi connectivity index (χ1v) is 15.5. The van der Waals surface area contributed by atoms with Crippen molar-refractivity contribution in [3.05, 3.63) is 138 Å². The summed E-state index contributed by atoms with van der Waals surface area (Å²) < 4.78 is 11.4. The zero-order valence-electron chi connectivity index (χ0n) is 25.6. The summed E-state index contributed by atoms with van der Waals surface area (Å²) in [5.74, 6) is 0.439. The lowest BCUT2D eigenvalue weighted by Crippen LogP contribution is -2.30. The highest BCUT2D eigenvalue weighted by molar-refractivity contribution is 8.00. The smallest absolute Gasteiger partial charge is 0.272 e. The van der Waals surface area contributed by atoms with Crippen molar-refractivity contribution < 1.29 is 28.3 Å². The molecule has 0 aliphatic carbocycles. The Labute approximate surface area is 276 Å². The van der Waals surface area contributed by atoms with Gasteiger partial charge in [-0.3, -0.25) is 19.2 Å². The van der Waals surface area contributed by atoms with Crippen molar-refractivity contribution in [2.24, 2.45) is 0 Å². The predicted octanol–water partition coefficient (Wildman–Crippen LogP) is 7.30. The molecule has 5 aromatic rings. The van der Waals surface area contributed by atoms with E-state index in [1.807, 2.05) is 24.3 Å². The Morgan fingerprint density at radius 1 is 0.745 bits per heavy atom. The van der Waals surface area contributed by atoms with Gasteiger partial charge >= 0.3 is 0 Å². The maximum atomic E-state index is 13.5. The molecular formula is C37H31N3O6S. The van der Waals surface area contributed by atoms with Crippen LogP contribution in [0.5, 0.6) is 5.75 Å². The van der Waals surface area contributed by atoms with Crippen molar-refractivity contribution in [3.8, 4) is 17.1 Å².